The largest absolute Gasteiger partial charge is 0.481 e. The van der Waals surface area contributed by atoms with Crippen LogP contribution in [0.5, 0.6) is 5.88 Å². The van der Waals surface area contributed by atoms with E-state index in [1.807, 2.05) is 24.4 Å². The van der Waals surface area contributed by atoms with E-state index in [-0.39, 0.29) is 0 Å². The number of pyridine rings is 1. The highest BCUT2D eigenvalue weighted by atomic mass is 16.5. The van der Waals surface area contributed by atoms with Crippen molar-refractivity contribution in [2.24, 2.45) is 0 Å². The van der Waals surface area contributed by atoms with Gasteiger partial charge in [-0.1, -0.05) is 44.2 Å². The topological polar surface area (TPSA) is 22.1 Å². The average molecular weight is 227 g/mol. The Morgan fingerprint density at radius 3 is 2.41 bits per heavy atom. The summed E-state index contributed by atoms with van der Waals surface area (Å²) in [5.74, 6) is 1.15. The van der Waals surface area contributed by atoms with Gasteiger partial charge in [0.15, 0.2) is 0 Å². The lowest BCUT2D eigenvalue weighted by molar-refractivity contribution is 0.399. The molecule has 2 nitrogen and oxygen atoms in total. The lowest BCUT2D eigenvalue weighted by atomic mass is 10.00. The number of benzene rings is 1. The van der Waals surface area contributed by atoms with Crippen LogP contribution in [0.25, 0.3) is 11.1 Å². The quantitative estimate of drug-likeness (QED) is 0.793. The van der Waals surface area contributed by atoms with Gasteiger partial charge in [0.2, 0.25) is 5.88 Å². The number of methoxy groups -OCH3 is 1. The van der Waals surface area contributed by atoms with E-state index in [4.69, 9.17) is 4.74 Å². The van der Waals surface area contributed by atoms with Crippen LogP contribution in [0.2, 0.25) is 0 Å². The molecule has 0 saturated carbocycles. The van der Waals surface area contributed by atoms with Crippen LogP contribution < -0.4 is 4.74 Å². The van der Waals surface area contributed by atoms with Gasteiger partial charge in [-0.3, -0.25) is 0 Å². The molecule has 17 heavy (non-hydrogen) atoms. The Kier molecular flexibility index (Phi) is 3.43. The molecule has 88 valence electrons. The fourth-order valence-corrected chi connectivity index (χ4v) is 1.77. The monoisotopic (exact) mass is 227 g/mol. The molecule has 0 unspecified atom stereocenters. The number of aromatic nitrogens is 1. The zero-order chi connectivity index (χ0) is 12.3. The van der Waals surface area contributed by atoms with Crippen LogP contribution in [0.4, 0.5) is 0 Å². The Hall–Kier alpha value is -1.83. The van der Waals surface area contributed by atoms with Gasteiger partial charge >= 0.3 is 0 Å². The van der Waals surface area contributed by atoms with E-state index in [1.54, 1.807) is 7.11 Å². The van der Waals surface area contributed by atoms with Crippen LogP contribution in [-0.4, -0.2) is 12.1 Å². The second-order valence-electron chi connectivity index (χ2n) is 4.35. The summed E-state index contributed by atoms with van der Waals surface area (Å²) in [6, 6.07) is 12.4. The lowest BCUT2D eigenvalue weighted by Crippen LogP contribution is -1.95. The third-order valence-electron chi connectivity index (χ3n) is 2.82. The molecule has 0 saturated heterocycles. The molecule has 0 amide bonds. The van der Waals surface area contributed by atoms with Crippen LogP contribution in [-0.2, 0) is 0 Å². The standard InChI is InChI=1S/C15H17NO/c1-11(2)13-9-14(15(17-3)16-10-13)12-7-5-4-6-8-12/h4-11H,1-3H3. The average Bonchev–Trinajstić information content (AvgIpc) is 2.39. The van der Waals surface area contributed by atoms with E-state index in [1.165, 1.54) is 5.56 Å². The minimum atomic E-state index is 0.468. The van der Waals surface area contributed by atoms with E-state index in [0.717, 1.165) is 11.1 Å². The zero-order valence-corrected chi connectivity index (χ0v) is 10.5. The van der Waals surface area contributed by atoms with Crippen molar-refractivity contribution in [1.29, 1.82) is 0 Å². The molecule has 0 spiro atoms. The van der Waals surface area contributed by atoms with E-state index >= 15 is 0 Å². The van der Waals surface area contributed by atoms with Gasteiger partial charge in [0.1, 0.15) is 0 Å². The third-order valence-corrected chi connectivity index (χ3v) is 2.82. The second-order valence-corrected chi connectivity index (χ2v) is 4.35. The summed E-state index contributed by atoms with van der Waals surface area (Å²) in [5, 5.41) is 0. The molecular weight excluding hydrogens is 210 g/mol. The molecule has 0 radical (unpaired) electrons. The highest BCUT2D eigenvalue weighted by Gasteiger charge is 2.09. The van der Waals surface area contributed by atoms with Crippen molar-refractivity contribution in [3.05, 3.63) is 48.2 Å². The smallest absolute Gasteiger partial charge is 0.221 e. The van der Waals surface area contributed by atoms with E-state index in [0.29, 0.717) is 11.8 Å². The summed E-state index contributed by atoms with van der Waals surface area (Å²) >= 11 is 0. The van der Waals surface area contributed by atoms with Gasteiger partial charge in [-0.25, -0.2) is 4.98 Å². The molecule has 0 aliphatic heterocycles. The van der Waals surface area contributed by atoms with E-state index < -0.39 is 0 Å². The molecule has 0 fully saturated rings. The zero-order valence-electron chi connectivity index (χ0n) is 10.5. The van der Waals surface area contributed by atoms with E-state index in [9.17, 15) is 0 Å². The number of hydrogen-bond donors (Lipinski definition) is 0. The minimum absolute atomic E-state index is 0.468. The maximum absolute atomic E-state index is 5.32. The van der Waals surface area contributed by atoms with Crippen molar-refractivity contribution in [3.8, 4) is 17.0 Å². The van der Waals surface area contributed by atoms with Gasteiger partial charge < -0.3 is 4.74 Å². The lowest BCUT2D eigenvalue weighted by Gasteiger charge is -2.11. The van der Waals surface area contributed by atoms with Gasteiger partial charge in [0.25, 0.3) is 0 Å². The maximum atomic E-state index is 5.32. The van der Waals surface area contributed by atoms with Gasteiger partial charge in [-0.05, 0) is 23.1 Å². The number of hydrogen-bond acceptors (Lipinski definition) is 2. The van der Waals surface area contributed by atoms with Gasteiger partial charge in [-0.2, -0.15) is 0 Å². The van der Waals surface area contributed by atoms with Crippen LogP contribution in [0.15, 0.2) is 42.6 Å². The molecule has 1 aromatic carbocycles. The Bertz CT molecular complexity index is 492. The van der Waals surface area contributed by atoms with Crippen molar-refractivity contribution in [3.63, 3.8) is 0 Å². The fourth-order valence-electron chi connectivity index (χ4n) is 1.77. The molecular formula is C15H17NO. The number of rotatable bonds is 3. The molecule has 1 aromatic heterocycles. The summed E-state index contributed by atoms with van der Waals surface area (Å²) in [7, 11) is 1.66. The summed E-state index contributed by atoms with van der Waals surface area (Å²) in [4.78, 5) is 4.37. The summed E-state index contributed by atoms with van der Waals surface area (Å²) in [6.45, 7) is 4.33. The second kappa shape index (κ2) is 5.00. The van der Waals surface area contributed by atoms with Gasteiger partial charge in [0.05, 0.1) is 7.11 Å². The SMILES string of the molecule is COc1ncc(C(C)C)cc1-c1ccccc1. The first-order valence-corrected chi connectivity index (χ1v) is 5.81. The Labute approximate surface area is 102 Å². The molecule has 2 aromatic rings. The predicted molar refractivity (Wildman–Crippen MR) is 70.3 cm³/mol. The molecule has 0 bridgehead atoms. The van der Waals surface area contributed by atoms with Crippen LogP contribution in [0, 0.1) is 0 Å². The fraction of sp³-hybridized carbons (Fsp3) is 0.267. The number of nitrogens with zero attached hydrogens (tertiary/aromatic N) is 1. The summed E-state index contributed by atoms with van der Waals surface area (Å²) < 4.78 is 5.32. The highest BCUT2D eigenvalue weighted by Crippen LogP contribution is 2.30. The Morgan fingerprint density at radius 1 is 1.12 bits per heavy atom. The molecule has 2 rings (SSSR count). The summed E-state index contributed by atoms with van der Waals surface area (Å²) in [6.07, 6.45) is 1.88. The van der Waals surface area contributed by atoms with Crippen molar-refractivity contribution in [2.45, 2.75) is 19.8 Å². The van der Waals surface area contributed by atoms with Crippen molar-refractivity contribution >= 4 is 0 Å². The first-order chi connectivity index (χ1) is 8.22. The normalized spacial score (nSPS) is 10.6. The molecule has 0 N–H and O–H groups in total. The summed E-state index contributed by atoms with van der Waals surface area (Å²) in [5.41, 5.74) is 3.42. The minimum Gasteiger partial charge on any atom is -0.481 e. The molecule has 0 aliphatic carbocycles. The van der Waals surface area contributed by atoms with Crippen molar-refractivity contribution in [2.75, 3.05) is 7.11 Å². The Morgan fingerprint density at radius 2 is 1.82 bits per heavy atom. The van der Waals surface area contributed by atoms with E-state index in [2.05, 4.69) is 37.0 Å². The molecule has 0 aliphatic rings. The van der Waals surface area contributed by atoms with Crippen LogP contribution >= 0.6 is 0 Å². The van der Waals surface area contributed by atoms with Gasteiger partial charge in [0, 0.05) is 11.8 Å². The maximum Gasteiger partial charge on any atom is 0.221 e. The third kappa shape index (κ3) is 2.47. The molecule has 0 atom stereocenters. The van der Waals surface area contributed by atoms with Crippen molar-refractivity contribution < 1.29 is 4.74 Å². The van der Waals surface area contributed by atoms with Gasteiger partial charge in [-0.15, -0.1) is 0 Å². The number of ether oxygens (including phenoxy) is 1. The highest BCUT2D eigenvalue weighted by molar-refractivity contribution is 5.69. The van der Waals surface area contributed by atoms with Crippen LogP contribution in [0.3, 0.4) is 0 Å². The first kappa shape index (κ1) is 11.6. The molecule has 2 heteroatoms. The first-order valence-electron chi connectivity index (χ1n) is 5.81. The van der Waals surface area contributed by atoms with Crippen molar-refractivity contribution in [1.82, 2.24) is 4.98 Å². The molecule has 1 heterocycles. The Balaban J connectivity index is 2.54. The van der Waals surface area contributed by atoms with Crippen LogP contribution in [0.1, 0.15) is 25.3 Å². The predicted octanol–water partition coefficient (Wildman–Crippen LogP) is 3.88.